The van der Waals surface area contributed by atoms with E-state index in [1.165, 1.54) is 17.8 Å². The number of anilines is 2. The zero-order chi connectivity index (χ0) is 18.1. The lowest BCUT2D eigenvalue weighted by Crippen LogP contribution is -2.43. The molecule has 8 nitrogen and oxygen atoms in total. The molecule has 1 fully saturated rings. The van der Waals surface area contributed by atoms with Gasteiger partial charge in [0.25, 0.3) is 5.91 Å². The minimum absolute atomic E-state index is 0.177. The topological polar surface area (TPSA) is 113 Å². The molecule has 0 radical (unpaired) electrons. The zero-order valence-corrected chi connectivity index (χ0v) is 14.6. The van der Waals surface area contributed by atoms with E-state index in [4.69, 9.17) is 0 Å². The normalized spacial score (nSPS) is 19.6. The Kier molecular flexibility index (Phi) is 4.37. The van der Waals surface area contributed by atoms with Crippen molar-refractivity contribution in [2.75, 3.05) is 10.6 Å². The van der Waals surface area contributed by atoms with Crippen LogP contribution in [0.3, 0.4) is 0 Å². The van der Waals surface area contributed by atoms with Crippen LogP contribution in [-0.4, -0.2) is 34.0 Å². The molecule has 0 spiro atoms. The number of fused-ring (bicyclic) bond motifs is 1. The number of para-hydroxylation sites is 1. The molecule has 0 bridgehead atoms. The van der Waals surface area contributed by atoms with Crippen LogP contribution in [0.1, 0.15) is 47.0 Å². The van der Waals surface area contributed by atoms with Crippen LogP contribution in [0, 0.1) is 0 Å². The Labute approximate surface area is 153 Å². The van der Waals surface area contributed by atoms with Crippen LogP contribution in [0.15, 0.2) is 24.3 Å². The Bertz CT molecular complexity index is 877. The maximum absolute atomic E-state index is 12.3. The Morgan fingerprint density at radius 1 is 1.23 bits per heavy atom. The van der Waals surface area contributed by atoms with Crippen LogP contribution < -0.4 is 16.0 Å². The van der Waals surface area contributed by atoms with Gasteiger partial charge in [-0.15, -0.1) is 10.2 Å². The lowest BCUT2D eigenvalue weighted by molar-refractivity contribution is -0.122. The van der Waals surface area contributed by atoms with Crippen molar-refractivity contribution in [2.45, 2.75) is 37.6 Å². The van der Waals surface area contributed by atoms with Crippen molar-refractivity contribution in [2.24, 2.45) is 0 Å². The van der Waals surface area contributed by atoms with Crippen LogP contribution in [0.25, 0.3) is 0 Å². The lowest BCUT2D eigenvalue weighted by Gasteiger charge is -2.21. The predicted octanol–water partition coefficient (Wildman–Crippen LogP) is 1.88. The number of hydrogen-bond donors (Lipinski definition) is 3. The van der Waals surface area contributed by atoms with Crippen molar-refractivity contribution < 1.29 is 14.4 Å². The molecule has 0 unspecified atom stereocenters. The second-order valence-corrected chi connectivity index (χ2v) is 7.40. The molecule has 3 amide bonds. The molecule has 26 heavy (non-hydrogen) atoms. The molecule has 1 atom stereocenters. The predicted molar refractivity (Wildman–Crippen MR) is 96.1 cm³/mol. The molecule has 1 aliphatic carbocycles. The van der Waals surface area contributed by atoms with Gasteiger partial charge < -0.3 is 16.0 Å². The maximum atomic E-state index is 12.3. The van der Waals surface area contributed by atoms with Gasteiger partial charge in [-0.2, -0.15) is 0 Å². The number of nitrogens with zero attached hydrogens (tertiary/aromatic N) is 2. The molecular formula is C17H17N5O3S. The molecule has 2 heterocycles. The zero-order valence-electron chi connectivity index (χ0n) is 13.8. The van der Waals surface area contributed by atoms with Crippen molar-refractivity contribution in [3.05, 3.63) is 34.8 Å². The first-order chi connectivity index (χ1) is 12.6. The summed E-state index contributed by atoms with van der Waals surface area (Å²) in [6.45, 7) is 0. The SMILES string of the molecule is O=C(C[C@H]1NC(=O)c2ccccc2NC1=O)Nc1nnc(C2CCC2)s1. The summed E-state index contributed by atoms with van der Waals surface area (Å²) in [5.41, 5.74) is 0.810. The number of hydrogen-bond acceptors (Lipinski definition) is 6. The quantitative estimate of drug-likeness (QED) is 0.759. The highest BCUT2D eigenvalue weighted by atomic mass is 32.1. The fraction of sp³-hybridized carbons (Fsp3) is 0.353. The number of benzene rings is 1. The van der Waals surface area contributed by atoms with Gasteiger partial charge in [0.05, 0.1) is 17.7 Å². The van der Waals surface area contributed by atoms with E-state index in [2.05, 4.69) is 26.1 Å². The minimum Gasteiger partial charge on any atom is -0.340 e. The molecule has 2 aliphatic rings. The van der Waals surface area contributed by atoms with Crippen LogP contribution in [-0.2, 0) is 9.59 Å². The first-order valence-corrected chi connectivity index (χ1v) is 9.26. The van der Waals surface area contributed by atoms with Gasteiger partial charge in [0.1, 0.15) is 11.0 Å². The third kappa shape index (κ3) is 3.30. The first kappa shape index (κ1) is 16.6. The van der Waals surface area contributed by atoms with E-state index < -0.39 is 17.9 Å². The Morgan fingerprint density at radius 3 is 2.81 bits per heavy atom. The minimum atomic E-state index is -0.950. The summed E-state index contributed by atoms with van der Waals surface area (Å²) in [5.74, 6) is -0.762. The van der Waals surface area contributed by atoms with Crippen molar-refractivity contribution >= 4 is 39.9 Å². The van der Waals surface area contributed by atoms with E-state index >= 15 is 0 Å². The van der Waals surface area contributed by atoms with Crippen molar-refractivity contribution in [3.8, 4) is 0 Å². The highest BCUT2D eigenvalue weighted by Crippen LogP contribution is 2.38. The number of nitrogens with one attached hydrogen (secondary N) is 3. The largest absolute Gasteiger partial charge is 0.340 e. The Balaban J connectivity index is 1.40. The standard InChI is InChI=1S/C17H17N5O3S/c23-13(20-17-22-21-16(26-17)9-4-3-5-9)8-12-15(25)18-11-7-2-1-6-10(11)14(24)19-12/h1-2,6-7,9,12H,3-5,8H2,(H,18,25)(H,19,24)(H,20,22,23)/t12-/m1/s1. The summed E-state index contributed by atoms with van der Waals surface area (Å²) in [6, 6.07) is 5.77. The van der Waals surface area contributed by atoms with Crippen molar-refractivity contribution in [1.29, 1.82) is 0 Å². The van der Waals surface area contributed by atoms with Crippen molar-refractivity contribution in [3.63, 3.8) is 0 Å². The summed E-state index contributed by atoms with van der Waals surface area (Å²) in [7, 11) is 0. The maximum Gasteiger partial charge on any atom is 0.254 e. The third-order valence-corrected chi connectivity index (χ3v) is 5.58. The highest BCUT2D eigenvalue weighted by Gasteiger charge is 2.30. The number of amides is 3. The lowest BCUT2D eigenvalue weighted by atomic mass is 9.86. The smallest absolute Gasteiger partial charge is 0.254 e. The second kappa shape index (κ2) is 6.83. The van der Waals surface area contributed by atoms with Crippen LogP contribution in [0.4, 0.5) is 10.8 Å². The number of carbonyl (C=O) groups excluding carboxylic acids is 3. The highest BCUT2D eigenvalue weighted by molar-refractivity contribution is 7.15. The van der Waals surface area contributed by atoms with Gasteiger partial charge in [-0.25, -0.2) is 0 Å². The van der Waals surface area contributed by atoms with Crippen LogP contribution in [0.5, 0.6) is 0 Å². The summed E-state index contributed by atoms with van der Waals surface area (Å²) >= 11 is 1.36. The molecule has 3 N–H and O–H groups in total. The molecule has 1 saturated carbocycles. The Hall–Kier alpha value is -2.81. The van der Waals surface area contributed by atoms with Gasteiger partial charge in [-0.1, -0.05) is 29.9 Å². The van der Waals surface area contributed by atoms with Gasteiger partial charge in [-0.3, -0.25) is 14.4 Å². The Morgan fingerprint density at radius 2 is 2.04 bits per heavy atom. The summed E-state index contributed by atoms with van der Waals surface area (Å²) in [5, 5.41) is 17.4. The molecule has 1 aromatic heterocycles. The van der Waals surface area contributed by atoms with Gasteiger partial charge >= 0.3 is 0 Å². The molecule has 1 aromatic carbocycles. The van der Waals surface area contributed by atoms with Crippen LogP contribution in [0.2, 0.25) is 0 Å². The average Bonchev–Trinajstić information content (AvgIpc) is 2.95. The first-order valence-electron chi connectivity index (χ1n) is 8.44. The van der Waals surface area contributed by atoms with E-state index in [1.807, 2.05) is 0 Å². The summed E-state index contributed by atoms with van der Waals surface area (Å²) in [4.78, 5) is 36.9. The monoisotopic (exact) mass is 371 g/mol. The second-order valence-electron chi connectivity index (χ2n) is 6.39. The van der Waals surface area contributed by atoms with E-state index in [0.717, 1.165) is 17.8 Å². The molecule has 0 saturated heterocycles. The van der Waals surface area contributed by atoms with Gasteiger partial charge in [0, 0.05) is 5.92 Å². The van der Waals surface area contributed by atoms with E-state index in [9.17, 15) is 14.4 Å². The fourth-order valence-corrected chi connectivity index (χ4v) is 3.84. The average molecular weight is 371 g/mol. The summed E-state index contributed by atoms with van der Waals surface area (Å²) < 4.78 is 0. The van der Waals surface area contributed by atoms with Gasteiger partial charge in [0.2, 0.25) is 16.9 Å². The molecule has 4 rings (SSSR count). The molecule has 9 heteroatoms. The molecule has 2 aromatic rings. The van der Waals surface area contributed by atoms with E-state index in [0.29, 0.717) is 22.3 Å². The molecular weight excluding hydrogens is 354 g/mol. The number of rotatable bonds is 4. The van der Waals surface area contributed by atoms with Gasteiger partial charge in [0.15, 0.2) is 0 Å². The third-order valence-electron chi connectivity index (χ3n) is 4.58. The van der Waals surface area contributed by atoms with Crippen molar-refractivity contribution in [1.82, 2.24) is 15.5 Å². The summed E-state index contributed by atoms with van der Waals surface area (Å²) in [6.07, 6.45) is 3.24. The number of carbonyl (C=O) groups is 3. The molecule has 1 aliphatic heterocycles. The molecule has 134 valence electrons. The number of aromatic nitrogens is 2. The van der Waals surface area contributed by atoms with E-state index in [1.54, 1.807) is 24.3 Å². The van der Waals surface area contributed by atoms with E-state index in [-0.39, 0.29) is 12.3 Å². The van der Waals surface area contributed by atoms with Crippen LogP contribution >= 0.6 is 11.3 Å². The fourth-order valence-electron chi connectivity index (χ4n) is 2.92. The van der Waals surface area contributed by atoms with Gasteiger partial charge in [-0.05, 0) is 25.0 Å².